The van der Waals surface area contributed by atoms with Crippen LogP contribution in [0.1, 0.15) is 33.6 Å². The highest BCUT2D eigenvalue weighted by Gasteiger charge is 2.32. The van der Waals surface area contributed by atoms with Crippen LogP contribution in [0.15, 0.2) is 0 Å². The topological polar surface area (TPSA) is 73.2 Å². The molecule has 0 aromatic heterocycles. The van der Waals surface area contributed by atoms with E-state index in [2.05, 4.69) is 10.8 Å². The van der Waals surface area contributed by atoms with E-state index in [1.54, 1.807) is 20.8 Å². The molecule has 0 aromatic rings. The summed E-state index contributed by atoms with van der Waals surface area (Å²) >= 11 is 0. The third-order valence-corrected chi connectivity index (χ3v) is 5.27. The summed E-state index contributed by atoms with van der Waals surface area (Å²) in [6, 6.07) is 2.12. The maximum atomic E-state index is 12.0. The lowest BCUT2D eigenvalue weighted by Crippen LogP contribution is -2.49. The molecular weight excluding hydrogens is 238 g/mol. The van der Waals surface area contributed by atoms with Gasteiger partial charge < -0.3 is 0 Å². The van der Waals surface area contributed by atoms with Gasteiger partial charge in [0.25, 0.3) is 0 Å². The van der Waals surface area contributed by atoms with Crippen molar-refractivity contribution in [3.05, 3.63) is 0 Å². The predicted octanol–water partition coefficient (Wildman–Crippen LogP) is 0.692. The van der Waals surface area contributed by atoms with Gasteiger partial charge >= 0.3 is 0 Å². The first-order chi connectivity index (χ1) is 7.76. The lowest BCUT2D eigenvalue weighted by Gasteiger charge is -2.32. The monoisotopic (exact) mass is 259 g/mol. The Bertz CT molecular complexity index is 384. The van der Waals surface area contributed by atoms with Crippen molar-refractivity contribution in [1.82, 2.24) is 9.62 Å². The summed E-state index contributed by atoms with van der Waals surface area (Å²) in [5.41, 5.74) is 0. The van der Waals surface area contributed by atoms with E-state index < -0.39 is 14.8 Å². The normalized spacial score (nSPS) is 20.1. The van der Waals surface area contributed by atoms with E-state index in [-0.39, 0.29) is 6.04 Å². The SMILES string of the molecule is CC(C)(C)S(=O)(=O)NC1CCN(CC#N)CC1. The Morgan fingerprint density at radius 3 is 2.29 bits per heavy atom. The molecule has 6 heteroatoms. The van der Waals surface area contributed by atoms with Crippen molar-refractivity contribution in [3.8, 4) is 6.07 Å². The van der Waals surface area contributed by atoms with Gasteiger partial charge in [0.1, 0.15) is 0 Å². The van der Waals surface area contributed by atoms with Crippen LogP contribution in [0.2, 0.25) is 0 Å². The average molecular weight is 259 g/mol. The van der Waals surface area contributed by atoms with Crippen LogP contribution in [-0.2, 0) is 10.0 Å². The number of nitrogens with one attached hydrogen (secondary N) is 1. The molecule has 1 aliphatic rings. The van der Waals surface area contributed by atoms with Crippen molar-refractivity contribution in [3.63, 3.8) is 0 Å². The predicted molar refractivity (Wildman–Crippen MR) is 66.9 cm³/mol. The highest BCUT2D eigenvalue weighted by atomic mass is 32.2. The molecule has 0 bridgehead atoms. The van der Waals surface area contributed by atoms with Crippen LogP contribution in [0.4, 0.5) is 0 Å². The zero-order valence-corrected chi connectivity index (χ0v) is 11.5. The number of hydrogen-bond donors (Lipinski definition) is 1. The van der Waals surface area contributed by atoms with Crippen molar-refractivity contribution in [2.75, 3.05) is 19.6 Å². The molecule has 98 valence electrons. The molecule has 17 heavy (non-hydrogen) atoms. The quantitative estimate of drug-likeness (QED) is 0.757. The van der Waals surface area contributed by atoms with E-state index in [4.69, 9.17) is 5.26 Å². The number of rotatable bonds is 3. The molecule has 0 amide bonds. The molecule has 1 aliphatic heterocycles. The van der Waals surface area contributed by atoms with Gasteiger partial charge in [0.15, 0.2) is 0 Å². The minimum absolute atomic E-state index is 0.00849. The summed E-state index contributed by atoms with van der Waals surface area (Å²) in [4.78, 5) is 2.04. The van der Waals surface area contributed by atoms with E-state index >= 15 is 0 Å². The minimum Gasteiger partial charge on any atom is -0.290 e. The molecule has 0 aliphatic carbocycles. The zero-order chi connectivity index (χ0) is 13.1. The maximum absolute atomic E-state index is 12.0. The van der Waals surface area contributed by atoms with Gasteiger partial charge in [0.2, 0.25) is 10.0 Å². The lowest BCUT2D eigenvalue weighted by atomic mass is 10.1. The third kappa shape index (κ3) is 3.95. The van der Waals surface area contributed by atoms with Gasteiger partial charge in [-0.25, -0.2) is 13.1 Å². The van der Waals surface area contributed by atoms with Crippen molar-refractivity contribution in [2.24, 2.45) is 0 Å². The Hall–Kier alpha value is -0.640. The average Bonchev–Trinajstić information content (AvgIpc) is 2.19. The number of piperidine rings is 1. The second-order valence-corrected chi connectivity index (χ2v) is 7.91. The third-order valence-electron chi connectivity index (χ3n) is 3.01. The number of nitrogens with zero attached hydrogens (tertiary/aromatic N) is 2. The second-order valence-electron chi connectivity index (χ2n) is 5.44. The van der Waals surface area contributed by atoms with Gasteiger partial charge in [-0.2, -0.15) is 5.26 Å². The van der Waals surface area contributed by atoms with E-state index in [9.17, 15) is 8.42 Å². The van der Waals surface area contributed by atoms with Crippen LogP contribution in [0, 0.1) is 11.3 Å². The summed E-state index contributed by atoms with van der Waals surface area (Å²) in [6.07, 6.45) is 1.55. The molecule has 0 unspecified atom stereocenters. The summed E-state index contributed by atoms with van der Waals surface area (Å²) in [5.74, 6) is 0. The van der Waals surface area contributed by atoms with Crippen LogP contribution < -0.4 is 4.72 Å². The second kappa shape index (κ2) is 5.34. The van der Waals surface area contributed by atoms with Gasteiger partial charge in [-0.1, -0.05) is 0 Å². The fraction of sp³-hybridized carbons (Fsp3) is 0.909. The van der Waals surface area contributed by atoms with Crippen molar-refractivity contribution < 1.29 is 8.42 Å². The van der Waals surface area contributed by atoms with Gasteiger partial charge in [-0.3, -0.25) is 4.90 Å². The molecular formula is C11H21N3O2S. The summed E-state index contributed by atoms with van der Waals surface area (Å²) in [7, 11) is -3.26. The van der Waals surface area contributed by atoms with Gasteiger partial charge in [-0.15, -0.1) is 0 Å². The first-order valence-electron chi connectivity index (χ1n) is 5.87. The van der Waals surface area contributed by atoms with Crippen LogP contribution in [0.3, 0.4) is 0 Å². The number of hydrogen-bond acceptors (Lipinski definition) is 4. The molecule has 0 saturated carbocycles. The van der Waals surface area contributed by atoms with Gasteiger partial charge in [0, 0.05) is 19.1 Å². The Morgan fingerprint density at radius 1 is 1.35 bits per heavy atom. The van der Waals surface area contributed by atoms with Crippen molar-refractivity contribution in [1.29, 1.82) is 5.26 Å². The van der Waals surface area contributed by atoms with Gasteiger partial charge in [0.05, 0.1) is 17.4 Å². The standard InChI is InChI=1S/C11H21N3O2S/c1-11(2,3)17(15,16)13-10-4-7-14(8-5-10)9-6-12/h10,13H,4-5,7-9H2,1-3H3. The Kier molecular flexibility index (Phi) is 4.53. The van der Waals surface area contributed by atoms with Crippen LogP contribution in [0.5, 0.6) is 0 Å². The minimum atomic E-state index is -3.26. The van der Waals surface area contributed by atoms with Crippen LogP contribution >= 0.6 is 0 Å². The molecule has 0 atom stereocenters. The van der Waals surface area contributed by atoms with Crippen molar-refractivity contribution >= 4 is 10.0 Å². The highest BCUT2D eigenvalue weighted by molar-refractivity contribution is 7.90. The lowest BCUT2D eigenvalue weighted by molar-refractivity contribution is 0.228. The van der Waals surface area contributed by atoms with Crippen LogP contribution in [-0.4, -0.2) is 43.7 Å². The van der Waals surface area contributed by atoms with E-state index in [0.29, 0.717) is 6.54 Å². The molecule has 1 fully saturated rings. The smallest absolute Gasteiger partial charge is 0.216 e. The number of likely N-dealkylation sites (tertiary alicyclic amines) is 1. The fourth-order valence-corrected chi connectivity index (χ4v) is 2.73. The zero-order valence-electron chi connectivity index (χ0n) is 10.7. The van der Waals surface area contributed by atoms with Gasteiger partial charge in [-0.05, 0) is 33.6 Å². The maximum Gasteiger partial charge on any atom is 0.216 e. The molecule has 1 saturated heterocycles. The Balaban J connectivity index is 2.50. The van der Waals surface area contributed by atoms with Crippen molar-refractivity contribution in [2.45, 2.75) is 44.4 Å². The Morgan fingerprint density at radius 2 is 1.88 bits per heavy atom. The number of sulfonamides is 1. The highest BCUT2D eigenvalue weighted by Crippen LogP contribution is 2.17. The molecule has 1 heterocycles. The molecule has 0 aromatic carbocycles. The van der Waals surface area contributed by atoms with E-state index in [1.165, 1.54) is 0 Å². The molecule has 1 N–H and O–H groups in total. The molecule has 0 radical (unpaired) electrons. The molecule has 5 nitrogen and oxygen atoms in total. The summed E-state index contributed by atoms with van der Waals surface area (Å²) < 4.78 is 25.9. The first kappa shape index (κ1) is 14.4. The summed E-state index contributed by atoms with van der Waals surface area (Å²) in [6.45, 7) is 7.08. The largest absolute Gasteiger partial charge is 0.290 e. The van der Waals surface area contributed by atoms with E-state index in [0.717, 1.165) is 25.9 Å². The first-order valence-corrected chi connectivity index (χ1v) is 7.36. The van der Waals surface area contributed by atoms with E-state index in [1.807, 2.05) is 4.90 Å². The number of nitriles is 1. The molecule has 1 rings (SSSR count). The summed E-state index contributed by atoms with van der Waals surface area (Å²) in [5, 5.41) is 8.57. The van der Waals surface area contributed by atoms with Crippen LogP contribution in [0.25, 0.3) is 0 Å². The fourth-order valence-electron chi connectivity index (χ4n) is 1.71. The molecule has 0 spiro atoms. The Labute approximate surface area is 104 Å².